The molecule has 0 radical (unpaired) electrons. The highest BCUT2D eigenvalue weighted by molar-refractivity contribution is 5.98. The number of ether oxygens (including phenoxy) is 3. The van der Waals surface area contributed by atoms with Crippen molar-refractivity contribution in [2.75, 3.05) is 6.61 Å². The van der Waals surface area contributed by atoms with Gasteiger partial charge in [0.25, 0.3) is 0 Å². The average molecular weight is 659 g/mol. The molecule has 8 rings (SSSR count). The van der Waals surface area contributed by atoms with Crippen molar-refractivity contribution in [2.24, 2.45) is 0 Å². The Morgan fingerprint density at radius 3 is 1.62 bits per heavy atom. The minimum atomic E-state index is -1.45. The van der Waals surface area contributed by atoms with Gasteiger partial charge in [-0.25, -0.2) is 18.4 Å². The molecule has 10 nitrogen and oxygen atoms in total. The van der Waals surface area contributed by atoms with Crippen LogP contribution in [-0.4, -0.2) is 32.8 Å². The first-order valence-electron chi connectivity index (χ1n) is 14.1. The zero-order valence-electron chi connectivity index (χ0n) is 24.3. The number of pyridine rings is 2. The van der Waals surface area contributed by atoms with Gasteiger partial charge in [-0.1, -0.05) is 24.3 Å². The Morgan fingerprint density at radius 1 is 0.729 bits per heavy atom. The standard InChI is InChI=1S/C18H11F2NO4.C16H7F2NO4/c1-2-24-18(23)10-8-21-12-5-3-4-6-13(12)25-17-14(20)11(19)7-9(15(17)21)16(10)22;17-9-5-7-13-15(12(9)18)23-11-4-2-1-3-10(11)19(13)6-8(14(7)20)16(21)22/h3-8H,2H2,1H3;1-6H,(H,21,22). The van der Waals surface area contributed by atoms with Gasteiger partial charge in [-0.15, -0.1) is 0 Å². The van der Waals surface area contributed by atoms with Crippen LogP contribution < -0.4 is 20.3 Å². The van der Waals surface area contributed by atoms with Gasteiger partial charge in [0.2, 0.25) is 22.5 Å². The Morgan fingerprint density at radius 2 is 1.17 bits per heavy atom. The van der Waals surface area contributed by atoms with Gasteiger partial charge >= 0.3 is 11.9 Å². The molecule has 0 amide bonds. The van der Waals surface area contributed by atoms with Crippen LogP contribution in [0.5, 0.6) is 23.0 Å². The zero-order valence-corrected chi connectivity index (χ0v) is 24.3. The van der Waals surface area contributed by atoms with Crippen molar-refractivity contribution in [3.8, 4) is 34.4 Å². The third-order valence-corrected chi connectivity index (χ3v) is 7.68. The normalized spacial score (nSPS) is 11.9. The molecule has 2 aliphatic rings. The van der Waals surface area contributed by atoms with Crippen LogP contribution in [-0.2, 0) is 4.74 Å². The highest BCUT2D eigenvalue weighted by Crippen LogP contribution is 2.43. The first-order chi connectivity index (χ1) is 23.0. The van der Waals surface area contributed by atoms with Crippen LogP contribution in [0, 0.1) is 23.3 Å². The van der Waals surface area contributed by atoms with E-state index in [2.05, 4.69) is 0 Å². The molecule has 14 heteroatoms. The van der Waals surface area contributed by atoms with Gasteiger partial charge in [-0.3, -0.25) is 9.59 Å². The number of aromatic carboxylic acids is 1. The zero-order chi connectivity index (χ0) is 34.0. The topological polar surface area (TPSA) is 126 Å². The summed E-state index contributed by atoms with van der Waals surface area (Å²) in [5.41, 5.74) is -1.45. The van der Waals surface area contributed by atoms with Crippen molar-refractivity contribution < 1.29 is 46.5 Å². The highest BCUT2D eigenvalue weighted by atomic mass is 19.2. The van der Waals surface area contributed by atoms with Gasteiger partial charge in [-0.2, -0.15) is 8.78 Å². The van der Waals surface area contributed by atoms with E-state index in [0.29, 0.717) is 17.4 Å². The Balaban J connectivity index is 0.000000152. The number of carbonyl (C=O) groups excluding carboxylic acids is 1. The predicted octanol–water partition coefficient (Wildman–Crippen LogP) is 6.62. The minimum Gasteiger partial charge on any atom is -0.477 e. The average Bonchev–Trinajstić information content (AvgIpc) is 3.07. The van der Waals surface area contributed by atoms with E-state index >= 15 is 0 Å². The van der Waals surface area contributed by atoms with Gasteiger partial charge < -0.3 is 28.5 Å². The third-order valence-electron chi connectivity index (χ3n) is 7.68. The van der Waals surface area contributed by atoms with Crippen molar-refractivity contribution in [1.29, 1.82) is 0 Å². The second-order valence-electron chi connectivity index (χ2n) is 10.4. The number of carboxylic acid groups (broad SMARTS) is 1. The fourth-order valence-electron chi connectivity index (χ4n) is 5.58. The number of para-hydroxylation sites is 4. The maximum absolute atomic E-state index is 14.2. The molecule has 0 bridgehead atoms. The smallest absolute Gasteiger partial charge is 0.343 e. The maximum Gasteiger partial charge on any atom is 0.343 e. The minimum absolute atomic E-state index is 0.00222. The molecule has 0 unspecified atom stereocenters. The fraction of sp³-hybridized carbons (Fsp3) is 0.0588. The summed E-state index contributed by atoms with van der Waals surface area (Å²) in [6, 6.07) is 14.6. The van der Waals surface area contributed by atoms with Crippen molar-refractivity contribution in [3.63, 3.8) is 0 Å². The second kappa shape index (κ2) is 11.1. The van der Waals surface area contributed by atoms with Crippen molar-refractivity contribution >= 4 is 33.7 Å². The number of carboxylic acids is 1. The lowest BCUT2D eigenvalue weighted by molar-refractivity contribution is 0.0523. The third kappa shape index (κ3) is 4.48. The van der Waals surface area contributed by atoms with E-state index in [1.54, 1.807) is 49.4 Å². The SMILES string of the molecule is CCOC(=O)c1cn2c3c(c(F)c(F)cc3c1=O)Oc1ccccc1-2.O=C(O)c1cn2c3c(c(F)c(F)cc3c1=O)Oc1ccccc1-2. The number of fused-ring (bicyclic) bond motifs is 4. The maximum atomic E-state index is 14.2. The molecule has 2 aromatic heterocycles. The lowest BCUT2D eigenvalue weighted by Gasteiger charge is -2.24. The van der Waals surface area contributed by atoms with E-state index in [4.69, 9.17) is 14.2 Å². The summed E-state index contributed by atoms with van der Waals surface area (Å²) in [5.74, 6) is -7.53. The highest BCUT2D eigenvalue weighted by Gasteiger charge is 2.30. The molecule has 0 fully saturated rings. The van der Waals surface area contributed by atoms with Gasteiger partial charge in [0.05, 0.1) is 28.8 Å². The number of hydrogen-bond donors (Lipinski definition) is 1. The number of nitrogens with zero attached hydrogens (tertiary/aromatic N) is 2. The van der Waals surface area contributed by atoms with E-state index in [1.165, 1.54) is 21.4 Å². The van der Waals surface area contributed by atoms with Gasteiger partial charge in [-0.05, 0) is 43.3 Å². The molecule has 2 aliphatic heterocycles. The monoisotopic (exact) mass is 658 g/mol. The Bertz CT molecular complexity index is 2530. The molecule has 240 valence electrons. The molecule has 0 spiro atoms. The molecular formula is C34H18F4N2O8. The van der Waals surface area contributed by atoms with Crippen molar-refractivity contribution in [3.05, 3.63) is 128 Å². The van der Waals surface area contributed by atoms with E-state index in [9.17, 15) is 41.8 Å². The number of aromatic nitrogens is 2. The first-order valence-corrected chi connectivity index (χ1v) is 14.1. The molecule has 1 N–H and O–H groups in total. The first kappa shape index (κ1) is 30.2. The van der Waals surface area contributed by atoms with Crippen LogP contribution in [0.2, 0.25) is 0 Å². The van der Waals surface area contributed by atoms with E-state index in [0.717, 1.165) is 12.3 Å². The van der Waals surface area contributed by atoms with E-state index in [1.807, 2.05) is 0 Å². The molecule has 48 heavy (non-hydrogen) atoms. The second-order valence-corrected chi connectivity index (χ2v) is 10.4. The van der Waals surface area contributed by atoms with E-state index < -0.39 is 57.4 Å². The van der Waals surface area contributed by atoms with Gasteiger partial charge in [0.15, 0.2) is 34.6 Å². The van der Waals surface area contributed by atoms with Crippen molar-refractivity contribution in [2.45, 2.75) is 6.92 Å². The lowest BCUT2D eigenvalue weighted by Crippen LogP contribution is -2.22. The van der Waals surface area contributed by atoms with Gasteiger partial charge in [0, 0.05) is 12.4 Å². The summed E-state index contributed by atoms with van der Waals surface area (Å²) >= 11 is 0. The van der Waals surface area contributed by atoms with Gasteiger partial charge in [0.1, 0.15) is 22.2 Å². The van der Waals surface area contributed by atoms with Crippen LogP contribution in [0.25, 0.3) is 33.2 Å². The Hall–Kier alpha value is -6.44. The summed E-state index contributed by atoms with van der Waals surface area (Å²) in [5, 5.41) is 8.78. The van der Waals surface area contributed by atoms with Crippen LogP contribution in [0.4, 0.5) is 17.6 Å². The summed E-state index contributed by atoms with van der Waals surface area (Å²) < 4.78 is 74.6. The molecule has 4 aromatic carbocycles. The lowest BCUT2D eigenvalue weighted by atomic mass is 10.1. The molecule has 4 heterocycles. The predicted molar refractivity (Wildman–Crippen MR) is 162 cm³/mol. The van der Waals surface area contributed by atoms with Crippen molar-refractivity contribution in [1.82, 2.24) is 9.13 Å². The fourth-order valence-corrected chi connectivity index (χ4v) is 5.58. The van der Waals surface area contributed by atoms with E-state index in [-0.39, 0.29) is 51.2 Å². The summed E-state index contributed by atoms with van der Waals surface area (Å²) in [6.45, 7) is 1.69. The molecule has 0 aliphatic carbocycles. The summed E-state index contributed by atoms with van der Waals surface area (Å²) in [7, 11) is 0. The van der Waals surface area contributed by atoms with Crippen LogP contribution in [0.1, 0.15) is 27.6 Å². The largest absolute Gasteiger partial charge is 0.477 e. The molecule has 6 aromatic rings. The molecule has 0 saturated carbocycles. The molecular weight excluding hydrogens is 640 g/mol. The quantitative estimate of drug-likeness (QED) is 0.166. The van der Waals surface area contributed by atoms with Crippen LogP contribution in [0.3, 0.4) is 0 Å². The number of rotatable bonds is 3. The number of hydrogen-bond acceptors (Lipinski definition) is 7. The summed E-state index contributed by atoms with van der Waals surface area (Å²) in [4.78, 5) is 48.3. The summed E-state index contributed by atoms with van der Waals surface area (Å²) in [6.07, 6.45) is 2.36. The number of esters is 1. The number of benzene rings is 4. The number of carbonyl (C=O) groups is 2. The van der Waals surface area contributed by atoms with Crippen LogP contribution >= 0.6 is 0 Å². The Kier molecular flexibility index (Phi) is 7.00. The number of halogens is 4. The molecule has 0 saturated heterocycles. The van der Waals surface area contributed by atoms with Crippen LogP contribution in [0.15, 0.2) is 82.6 Å². The molecule has 0 atom stereocenters. The Labute approximate surface area is 265 Å².